The summed E-state index contributed by atoms with van der Waals surface area (Å²) in [5.41, 5.74) is 7.99. The molecule has 0 unspecified atom stereocenters. The summed E-state index contributed by atoms with van der Waals surface area (Å²) in [5.74, 6) is -0.700. The fourth-order valence-corrected chi connectivity index (χ4v) is 2.87. The topological polar surface area (TPSA) is 115 Å². The zero-order valence-electron chi connectivity index (χ0n) is 15.0. The minimum absolute atomic E-state index is 0.000474. The van der Waals surface area contributed by atoms with Crippen LogP contribution in [-0.2, 0) is 0 Å². The third kappa shape index (κ3) is 3.18. The number of carbonyl (C=O) groups excluding carboxylic acids is 2. The van der Waals surface area contributed by atoms with Crippen molar-refractivity contribution in [3.8, 4) is 11.3 Å². The summed E-state index contributed by atoms with van der Waals surface area (Å²) in [6.45, 7) is 1.84. The number of imidazole rings is 1. The molecule has 0 radical (unpaired) electrons. The van der Waals surface area contributed by atoms with E-state index in [1.807, 2.05) is 43.3 Å². The number of nitrogens with two attached hydrogens (primary N) is 1. The van der Waals surface area contributed by atoms with Crippen LogP contribution in [0.1, 0.15) is 26.7 Å². The summed E-state index contributed by atoms with van der Waals surface area (Å²) in [4.78, 5) is 37.5. The summed E-state index contributed by atoms with van der Waals surface area (Å²) in [7, 11) is 0. The van der Waals surface area contributed by atoms with Gasteiger partial charge in [0, 0.05) is 11.3 Å². The lowest BCUT2D eigenvalue weighted by Gasteiger charge is -2.10. The summed E-state index contributed by atoms with van der Waals surface area (Å²) >= 11 is 0. The standard InChI is InChI=1S/C20H16N6O2/c1-12-6-5-9-16(23-12)25-20(28)15-10-14(13-7-3-2-4-8-13)24-19-17(18(21)27)22-11-26(15)19/h2-11H,1H3,(H2,21,27)(H,23,25,28). The van der Waals surface area contributed by atoms with E-state index in [0.29, 0.717) is 11.5 Å². The molecule has 4 aromatic rings. The summed E-state index contributed by atoms with van der Waals surface area (Å²) < 4.78 is 1.44. The number of rotatable bonds is 4. The number of aromatic nitrogens is 4. The van der Waals surface area contributed by atoms with Gasteiger partial charge in [0.15, 0.2) is 11.3 Å². The Morgan fingerprint density at radius 1 is 1.04 bits per heavy atom. The van der Waals surface area contributed by atoms with E-state index in [1.165, 1.54) is 10.7 Å². The number of hydrogen-bond acceptors (Lipinski definition) is 5. The average molecular weight is 372 g/mol. The van der Waals surface area contributed by atoms with E-state index < -0.39 is 11.8 Å². The molecule has 1 aromatic carbocycles. The average Bonchev–Trinajstić information content (AvgIpc) is 3.12. The Morgan fingerprint density at radius 2 is 1.82 bits per heavy atom. The molecule has 0 aliphatic rings. The summed E-state index contributed by atoms with van der Waals surface area (Å²) in [6, 6.07) is 16.3. The van der Waals surface area contributed by atoms with Crippen LogP contribution in [0.25, 0.3) is 16.9 Å². The fraction of sp³-hybridized carbons (Fsp3) is 0.0500. The van der Waals surface area contributed by atoms with Gasteiger partial charge in [0.2, 0.25) is 0 Å². The van der Waals surface area contributed by atoms with Crippen LogP contribution in [0.4, 0.5) is 5.82 Å². The largest absolute Gasteiger partial charge is 0.364 e. The Morgan fingerprint density at radius 3 is 2.54 bits per heavy atom. The molecule has 8 heteroatoms. The van der Waals surface area contributed by atoms with E-state index in [9.17, 15) is 9.59 Å². The van der Waals surface area contributed by atoms with Crippen LogP contribution in [0.15, 0.2) is 60.9 Å². The van der Waals surface area contributed by atoms with Gasteiger partial charge in [0.25, 0.3) is 11.8 Å². The van der Waals surface area contributed by atoms with Gasteiger partial charge >= 0.3 is 0 Å². The first-order valence-electron chi connectivity index (χ1n) is 8.51. The molecule has 0 saturated heterocycles. The highest BCUT2D eigenvalue weighted by Crippen LogP contribution is 2.22. The molecule has 3 N–H and O–H groups in total. The van der Waals surface area contributed by atoms with Crippen molar-refractivity contribution in [1.82, 2.24) is 19.4 Å². The van der Waals surface area contributed by atoms with E-state index >= 15 is 0 Å². The number of amides is 2. The highest BCUT2D eigenvalue weighted by atomic mass is 16.2. The maximum atomic E-state index is 13.0. The molecule has 0 fully saturated rings. The molecule has 0 aliphatic heterocycles. The zero-order valence-corrected chi connectivity index (χ0v) is 15.0. The zero-order chi connectivity index (χ0) is 19.7. The molecule has 0 spiro atoms. The number of primary amides is 1. The van der Waals surface area contributed by atoms with Gasteiger partial charge in [0.1, 0.15) is 17.8 Å². The van der Waals surface area contributed by atoms with Gasteiger partial charge in [-0.2, -0.15) is 0 Å². The first-order valence-corrected chi connectivity index (χ1v) is 8.51. The minimum Gasteiger partial charge on any atom is -0.364 e. The maximum absolute atomic E-state index is 13.0. The van der Waals surface area contributed by atoms with E-state index in [1.54, 1.807) is 18.2 Å². The quantitative estimate of drug-likeness (QED) is 0.571. The molecule has 3 aromatic heterocycles. The molecule has 0 saturated carbocycles. The molecule has 3 heterocycles. The van der Waals surface area contributed by atoms with Crippen LogP contribution >= 0.6 is 0 Å². The van der Waals surface area contributed by atoms with Gasteiger partial charge in [-0.3, -0.25) is 14.0 Å². The van der Waals surface area contributed by atoms with Gasteiger partial charge in [0.05, 0.1) is 5.69 Å². The number of anilines is 1. The van der Waals surface area contributed by atoms with Crippen LogP contribution in [0.5, 0.6) is 0 Å². The van der Waals surface area contributed by atoms with Crippen molar-refractivity contribution in [2.45, 2.75) is 6.92 Å². The second kappa shape index (κ2) is 6.92. The van der Waals surface area contributed by atoms with Crippen molar-refractivity contribution in [3.63, 3.8) is 0 Å². The van der Waals surface area contributed by atoms with Crippen LogP contribution in [0, 0.1) is 6.92 Å². The molecular formula is C20H16N6O2. The smallest absolute Gasteiger partial charge is 0.273 e. The number of nitrogens with one attached hydrogen (secondary N) is 1. The second-order valence-electron chi connectivity index (χ2n) is 6.16. The summed E-state index contributed by atoms with van der Waals surface area (Å²) in [5, 5.41) is 2.77. The van der Waals surface area contributed by atoms with Gasteiger partial charge in [-0.1, -0.05) is 36.4 Å². The van der Waals surface area contributed by atoms with E-state index in [0.717, 1.165) is 11.3 Å². The lowest BCUT2D eigenvalue weighted by atomic mass is 10.1. The van der Waals surface area contributed by atoms with Crippen LogP contribution in [0.3, 0.4) is 0 Å². The van der Waals surface area contributed by atoms with E-state index in [-0.39, 0.29) is 17.0 Å². The Labute approximate surface area is 160 Å². The minimum atomic E-state index is -0.716. The number of aryl methyl sites for hydroxylation is 1. The molecule has 2 amide bonds. The Hall–Kier alpha value is -4.07. The van der Waals surface area contributed by atoms with Crippen molar-refractivity contribution >= 4 is 23.3 Å². The van der Waals surface area contributed by atoms with Crippen LogP contribution in [0.2, 0.25) is 0 Å². The molecule has 0 aliphatic carbocycles. The van der Waals surface area contributed by atoms with Crippen molar-refractivity contribution < 1.29 is 9.59 Å². The molecule has 0 bridgehead atoms. The third-order valence-electron chi connectivity index (χ3n) is 4.17. The second-order valence-corrected chi connectivity index (χ2v) is 6.16. The fourth-order valence-electron chi connectivity index (χ4n) is 2.87. The Kier molecular flexibility index (Phi) is 4.29. The number of hydrogen-bond donors (Lipinski definition) is 2. The van der Waals surface area contributed by atoms with Gasteiger partial charge in [-0.15, -0.1) is 0 Å². The number of benzene rings is 1. The van der Waals surface area contributed by atoms with Gasteiger partial charge in [-0.05, 0) is 25.1 Å². The lowest BCUT2D eigenvalue weighted by Crippen LogP contribution is -2.18. The molecule has 0 atom stereocenters. The number of carbonyl (C=O) groups is 2. The normalized spacial score (nSPS) is 10.8. The van der Waals surface area contributed by atoms with E-state index in [2.05, 4.69) is 20.3 Å². The number of fused-ring (bicyclic) bond motifs is 1. The Bertz CT molecular complexity index is 1200. The molecule has 138 valence electrons. The number of nitrogens with zero attached hydrogens (tertiary/aromatic N) is 4. The highest BCUT2D eigenvalue weighted by Gasteiger charge is 2.20. The van der Waals surface area contributed by atoms with Crippen LogP contribution in [-0.4, -0.2) is 31.2 Å². The lowest BCUT2D eigenvalue weighted by molar-refractivity contribution is 0.0993. The Balaban J connectivity index is 1.86. The van der Waals surface area contributed by atoms with Gasteiger partial charge < -0.3 is 11.1 Å². The van der Waals surface area contributed by atoms with Gasteiger partial charge in [-0.25, -0.2) is 15.0 Å². The first kappa shape index (κ1) is 17.3. The van der Waals surface area contributed by atoms with Crippen molar-refractivity contribution in [2.75, 3.05) is 5.32 Å². The van der Waals surface area contributed by atoms with Crippen molar-refractivity contribution in [2.24, 2.45) is 5.73 Å². The predicted molar refractivity (Wildman–Crippen MR) is 104 cm³/mol. The molecule has 4 rings (SSSR count). The third-order valence-corrected chi connectivity index (χ3v) is 4.17. The van der Waals surface area contributed by atoms with Crippen molar-refractivity contribution in [3.05, 3.63) is 78.0 Å². The predicted octanol–water partition coefficient (Wildman–Crippen LogP) is 2.45. The van der Waals surface area contributed by atoms with E-state index in [4.69, 9.17) is 5.73 Å². The highest BCUT2D eigenvalue weighted by molar-refractivity contribution is 6.04. The summed E-state index contributed by atoms with van der Waals surface area (Å²) in [6.07, 6.45) is 1.36. The SMILES string of the molecule is Cc1cccc(NC(=O)c2cc(-c3ccccc3)nc3c(C(N)=O)ncn23)n1. The first-order chi connectivity index (χ1) is 13.5. The molecular weight excluding hydrogens is 356 g/mol. The number of pyridine rings is 1. The molecule has 8 nitrogen and oxygen atoms in total. The maximum Gasteiger partial charge on any atom is 0.273 e. The molecule has 28 heavy (non-hydrogen) atoms. The van der Waals surface area contributed by atoms with Crippen LogP contribution < -0.4 is 11.1 Å². The van der Waals surface area contributed by atoms with Crippen molar-refractivity contribution in [1.29, 1.82) is 0 Å². The monoisotopic (exact) mass is 372 g/mol.